The van der Waals surface area contributed by atoms with Crippen molar-refractivity contribution in [3.8, 4) is 0 Å². The Morgan fingerprint density at radius 3 is 2.21 bits per heavy atom. The van der Waals surface area contributed by atoms with E-state index in [0.717, 1.165) is 24.8 Å². The Morgan fingerprint density at radius 1 is 1.03 bits per heavy atom. The molecule has 4 rings (SSSR count). The number of nitrogens with zero attached hydrogens (tertiary/aromatic N) is 2. The van der Waals surface area contributed by atoms with E-state index in [4.69, 9.17) is 0 Å². The lowest BCUT2D eigenvalue weighted by Crippen LogP contribution is -2.55. The van der Waals surface area contributed by atoms with Gasteiger partial charge in [-0.2, -0.15) is 0 Å². The molecule has 9 nitrogen and oxygen atoms in total. The molecule has 0 aromatic heterocycles. The van der Waals surface area contributed by atoms with E-state index in [-0.39, 0.29) is 29.3 Å². The predicted octanol–water partition coefficient (Wildman–Crippen LogP) is 3.27. The van der Waals surface area contributed by atoms with E-state index < -0.39 is 26.8 Å². The monoisotopic (exact) mass is 554 g/mol. The Hall–Kier alpha value is -3.24. The summed E-state index contributed by atoms with van der Waals surface area (Å²) in [6, 6.07) is 15.6. The largest absolute Gasteiger partial charge is 0.349 e. The van der Waals surface area contributed by atoms with Crippen LogP contribution in [0.1, 0.15) is 57.2 Å². The fourth-order valence-electron chi connectivity index (χ4n) is 5.04. The molecule has 0 unspecified atom stereocenters. The number of rotatable bonds is 8. The predicted molar refractivity (Wildman–Crippen MR) is 148 cm³/mol. The third-order valence-electron chi connectivity index (χ3n) is 7.57. The number of imide groups is 1. The van der Waals surface area contributed by atoms with Gasteiger partial charge in [-0.05, 0) is 42.5 Å². The highest BCUT2D eigenvalue weighted by Crippen LogP contribution is 2.31. The van der Waals surface area contributed by atoms with Crippen molar-refractivity contribution in [2.45, 2.75) is 63.1 Å². The highest BCUT2D eigenvalue weighted by atomic mass is 32.2. The van der Waals surface area contributed by atoms with Crippen molar-refractivity contribution in [2.24, 2.45) is 5.41 Å². The molecule has 1 atom stereocenters. The number of carbonyl (C=O) groups excluding carboxylic acids is 3. The first-order valence-electron chi connectivity index (χ1n) is 13.3. The summed E-state index contributed by atoms with van der Waals surface area (Å²) >= 11 is 0. The first-order valence-corrected chi connectivity index (χ1v) is 15.2. The van der Waals surface area contributed by atoms with E-state index >= 15 is 0 Å². The van der Waals surface area contributed by atoms with Crippen LogP contribution < -0.4 is 10.6 Å². The Kier molecular flexibility index (Phi) is 8.18. The molecule has 2 aliphatic rings. The second kappa shape index (κ2) is 11.1. The summed E-state index contributed by atoms with van der Waals surface area (Å²) in [5, 5.41) is 6.13. The molecular formula is C29H38N4O5S. The molecule has 10 heteroatoms. The van der Waals surface area contributed by atoms with Crippen molar-refractivity contribution >= 4 is 27.7 Å². The molecule has 0 bridgehead atoms. The maximum absolute atomic E-state index is 13.4. The van der Waals surface area contributed by atoms with Gasteiger partial charge in [0, 0.05) is 31.3 Å². The highest BCUT2D eigenvalue weighted by molar-refractivity contribution is 7.90. The van der Waals surface area contributed by atoms with Crippen molar-refractivity contribution in [3.05, 3.63) is 65.7 Å². The third kappa shape index (κ3) is 6.67. The molecular weight excluding hydrogens is 516 g/mol. The van der Waals surface area contributed by atoms with Crippen molar-refractivity contribution in [2.75, 3.05) is 25.9 Å². The van der Waals surface area contributed by atoms with Gasteiger partial charge in [-0.1, -0.05) is 63.2 Å². The third-order valence-corrected chi connectivity index (χ3v) is 8.70. The lowest BCUT2D eigenvalue weighted by atomic mass is 9.87. The van der Waals surface area contributed by atoms with E-state index in [0.29, 0.717) is 31.5 Å². The molecule has 210 valence electrons. The van der Waals surface area contributed by atoms with Crippen LogP contribution in [0.25, 0.3) is 0 Å². The van der Waals surface area contributed by atoms with Crippen LogP contribution in [0.5, 0.6) is 0 Å². The molecule has 2 heterocycles. The number of sulfone groups is 1. The molecule has 1 spiro atoms. The van der Waals surface area contributed by atoms with Crippen LogP contribution in [-0.4, -0.2) is 67.5 Å². The SMILES string of the molecule is CC(C)(C)C(=O)N[C@@H](CCN1CCC2(CC1)NC(=O)N(Cc1ccc(S(C)(=O)=O)cc1)C2=O)c1ccccc1. The molecule has 2 fully saturated rings. The van der Waals surface area contributed by atoms with Gasteiger partial charge in [0.2, 0.25) is 5.91 Å². The Labute approximate surface area is 230 Å². The van der Waals surface area contributed by atoms with Crippen LogP contribution in [0, 0.1) is 5.41 Å². The standard InChI is InChI=1S/C29H38N4O5S/c1-28(2,3)25(34)30-24(22-8-6-5-7-9-22)14-17-32-18-15-29(16-19-32)26(35)33(27(36)31-29)20-21-10-12-23(13-11-21)39(4,37)38/h5-13,24H,14-20H2,1-4H3,(H,30,34)(H,31,36)/t24-/m0/s1. The zero-order valence-electron chi connectivity index (χ0n) is 23.1. The molecule has 2 N–H and O–H groups in total. The molecule has 2 aromatic rings. The normalized spacial score (nSPS) is 18.7. The smallest absolute Gasteiger partial charge is 0.325 e. The number of amides is 4. The van der Waals surface area contributed by atoms with Gasteiger partial charge in [0.1, 0.15) is 5.54 Å². The highest BCUT2D eigenvalue weighted by Gasteiger charge is 2.52. The minimum Gasteiger partial charge on any atom is -0.349 e. The van der Waals surface area contributed by atoms with Crippen molar-refractivity contribution in [3.63, 3.8) is 0 Å². The summed E-state index contributed by atoms with van der Waals surface area (Å²) in [4.78, 5) is 42.6. The maximum Gasteiger partial charge on any atom is 0.325 e. The molecule has 0 aliphatic carbocycles. The summed E-state index contributed by atoms with van der Waals surface area (Å²) in [5.74, 6) is -0.238. The van der Waals surface area contributed by atoms with Crippen LogP contribution >= 0.6 is 0 Å². The van der Waals surface area contributed by atoms with E-state index in [1.54, 1.807) is 12.1 Å². The number of carbonyl (C=O) groups is 3. The van der Waals surface area contributed by atoms with Gasteiger partial charge >= 0.3 is 6.03 Å². The van der Waals surface area contributed by atoms with Gasteiger partial charge in [0.15, 0.2) is 9.84 Å². The molecule has 2 aliphatic heterocycles. The van der Waals surface area contributed by atoms with Crippen LogP contribution in [0.2, 0.25) is 0 Å². The quantitative estimate of drug-likeness (QED) is 0.484. The summed E-state index contributed by atoms with van der Waals surface area (Å²) in [6.07, 6.45) is 2.88. The second-order valence-electron chi connectivity index (χ2n) is 11.6. The first kappa shape index (κ1) is 28.8. The maximum atomic E-state index is 13.4. The van der Waals surface area contributed by atoms with E-state index in [2.05, 4.69) is 15.5 Å². The van der Waals surface area contributed by atoms with Crippen molar-refractivity contribution in [1.82, 2.24) is 20.4 Å². The van der Waals surface area contributed by atoms with Gasteiger partial charge < -0.3 is 15.5 Å². The van der Waals surface area contributed by atoms with E-state index in [9.17, 15) is 22.8 Å². The summed E-state index contributed by atoms with van der Waals surface area (Å²) in [5.41, 5.74) is 0.332. The lowest BCUT2D eigenvalue weighted by Gasteiger charge is -2.38. The zero-order valence-corrected chi connectivity index (χ0v) is 23.9. The summed E-state index contributed by atoms with van der Waals surface area (Å²) < 4.78 is 23.4. The average Bonchev–Trinajstić information content (AvgIpc) is 3.11. The van der Waals surface area contributed by atoms with Crippen molar-refractivity contribution in [1.29, 1.82) is 0 Å². The first-order chi connectivity index (χ1) is 18.3. The fraction of sp³-hybridized carbons (Fsp3) is 0.483. The number of hydrogen-bond acceptors (Lipinski definition) is 6. The molecule has 0 radical (unpaired) electrons. The van der Waals surface area contributed by atoms with Crippen LogP contribution in [0.15, 0.2) is 59.5 Å². The molecule has 2 saturated heterocycles. The number of piperidine rings is 1. The Bertz CT molecular complexity index is 1310. The van der Waals surface area contributed by atoms with Crippen LogP contribution in [0.3, 0.4) is 0 Å². The number of nitrogens with one attached hydrogen (secondary N) is 2. The minimum atomic E-state index is -3.32. The second-order valence-corrected chi connectivity index (χ2v) is 13.7. The molecule has 4 amide bonds. The molecule has 0 saturated carbocycles. The number of hydrogen-bond donors (Lipinski definition) is 2. The topological polar surface area (TPSA) is 116 Å². The van der Waals surface area contributed by atoms with Crippen molar-refractivity contribution < 1.29 is 22.8 Å². The van der Waals surface area contributed by atoms with E-state index in [1.165, 1.54) is 17.0 Å². The van der Waals surface area contributed by atoms with Gasteiger partial charge in [0.25, 0.3) is 5.91 Å². The average molecular weight is 555 g/mol. The minimum absolute atomic E-state index is 0.000681. The van der Waals surface area contributed by atoms with Gasteiger partial charge in [-0.25, -0.2) is 13.2 Å². The number of urea groups is 1. The van der Waals surface area contributed by atoms with Gasteiger partial charge in [-0.3, -0.25) is 14.5 Å². The lowest BCUT2D eigenvalue weighted by molar-refractivity contribution is -0.133. The Balaban J connectivity index is 1.35. The summed E-state index contributed by atoms with van der Waals surface area (Å²) in [6.45, 7) is 7.83. The number of benzene rings is 2. The summed E-state index contributed by atoms with van der Waals surface area (Å²) in [7, 11) is -3.32. The van der Waals surface area contributed by atoms with Gasteiger partial charge in [-0.15, -0.1) is 0 Å². The molecule has 39 heavy (non-hydrogen) atoms. The van der Waals surface area contributed by atoms with Crippen LogP contribution in [0.4, 0.5) is 4.79 Å². The van der Waals surface area contributed by atoms with E-state index in [1.807, 2.05) is 51.1 Å². The molecule has 2 aromatic carbocycles. The fourth-order valence-corrected chi connectivity index (χ4v) is 5.67. The Morgan fingerprint density at radius 2 is 1.64 bits per heavy atom. The number of likely N-dealkylation sites (tertiary alicyclic amines) is 1. The van der Waals surface area contributed by atoms with Crippen LogP contribution in [-0.2, 0) is 26.0 Å². The zero-order chi connectivity index (χ0) is 28.4. The van der Waals surface area contributed by atoms with Gasteiger partial charge in [0.05, 0.1) is 17.5 Å².